The van der Waals surface area contributed by atoms with E-state index in [9.17, 15) is 18.0 Å². The van der Waals surface area contributed by atoms with Crippen molar-refractivity contribution in [3.63, 3.8) is 0 Å². The summed E-state index contributed by atoms with van der Waals surface area (Å²) in [5.41, 5.74) is 2.75. The van der Waals surface area contributed by atoms with Crippen molar-refractivity contribution in [1.29, 1.82) is 0 Å². The predicted octanol–water partition coefficient (Wildman–Crippen LogP) is 3.09. The van der Waals surface area contributed by atoms with E-state index in [0.717, 1.165) is 29.7 Å². The Labute approximate surface area is 201 Å². The maximum absolute atomic E-state index is 13.5. The number of nitrogens with zero attached hydrogens (tertiary/aromatic N) is 2. The summed E-state index contributed by atoms with van der Waals surface area (Å²) in [5, 5.41) is 2.95. The summed E-state index contributed by atoms with van der Waals surface area (Å²) in [6.45, 7) is 3.03. The van der Waals surface area contributed by atoms with Crippen molar-refractivity contribution in [2.75, 3.05) is 18.0 Å². The molecule has 2 heterocycles. The van der Waals surface area contributed by atoms with Crippen LogP contribution in [0.3, 0.4) is 0 Å². The van der Waals surface area contributed by atoms with Crippen molar-refractivity contribution in [3.8, 4) is 0 Å². The Morgan fingerprint density at radius 3 is 2.53 bits per heavy atom. The first-order valence-corrected chi connectivity index (χ1v) is 13.6. The Kier molecular flexibility index (Phi) is 6.20. The molecule has 34 heavy (non-hydrogen) atoms. The minimum absolute atomic E-state index is 0.0359. The third-order valence-electron chi connectivity index (χ3n) is 7.13. The fraction of sp³-hybridized carbons (Fsp3) is 0.462. The number of carbonyl (C=O) groups excluding carboxylic acids is 2. The molecule has 180 valence electrons. The van der Waals surface area contributed by atoms with Gasteiger partial charge in [0.25, 0.3) is 0 Å². The highest BCUT2D eigenvalue weighted by molar-refractivity contribution is 7.89. The molecular formula is C26H31N3O4S. The topological polar surface area (TPSA) is 86.8 Å². The molecule has 1 aliphatic carbocycles. The van der Waals surface area contributed by atoms with Crippen LogP contribution in [0.25, 0.3) is 0 Å². The van der Waals surface area contributed by atoms with Crippen LogP contribution in [-0.4, -0.2) is 43.7 Å². The van der Waals surface area contributed by atoms with Gasteiger partial charge in [-0.1, -0.05) is 30.3 Å². The maximum Gasteiger partial charge on any atom is 0.243 e. The van der Waals surface area contributed by atoms with Gasteiger partial charge in [0.05, 0.1) is 10.8 Å². The second-order valence-electron chi connectivity index (χ2n) is 9.73. The van der Waals surface area contributed by atoms with Gasteiger partial charge in [-0.25, -0.2) is 8.42 Å². The molecule has 2 aromatic rings. The molecule has 2 atom stereocenters. The van der Waals surface area contributed by atoms with Crippen LogP contribution in [0.5, 0.6) is 0 Å². The monoisotopic (exact) mass is 481 g/mol. The number of sulfonamides is 1. The Bertz CT molecular complexity index is 1190. The summed E-state index contributed by atoms with van der Waals surface area (Å²) < 4.78 is 28.4. The van der Waals surface area contributed by atoms with Crippen molar-refractivity contribution in [3.05, 3.63) is 59.7 Å². The number of piperidine rings is 1. The van der Waals surface area contributed by atoms with Gasteiger partial charge in [-0.3, -0.25) is 9.59 Å². The van der Waals surface area contributed by atoms with Crippen molar-refractivity contribution < 1.29 is 18.0 Å². The van der Waals surface area contributed by atoms with E-state index in [1.807, 2.05) is 42.2 Å². The summed E-state index contributed by atoms with van der Waals surface area (Å²) in [6.07, 6.45) is 3.86. The molecule has 1 N–H and O–H groups in total. The van der Waals surface area contributed by atoms with Crippen molar-refractivity contribution in [1.82, 2.24) is 9.62 Å². The third-order valence-corrected chi connectivity index (χ3v) is 8.99. The van der Waals surface area contributed by atoms with Crippen LogP contribution in [0.1, 0.15) is 43.7 Å². The second-order valence-corrected chi connectivity index (χ2v) is 11.7. The highest BCUT2D eigenvalue weighted by atomic mass is 32.2. The zero-order valence-electron chi connectivity index (χ0n) is 19.4. The molecular weight excluding hydrogens is 450 g/mol. The van der Waals surface area contributed by atoms with Crippen molar-refractivity contribution in [2.45, 2.75) is 56.5 Å². The molecule has 1 saturated heterocycles. The van der Waals surface area contributed by atoms with Crippen LogP contribution >= 0.6 is 0 Å². The summed E-state index contributed by atoms with van der Waals surface area (Å²) in [5.74, 6) is -0.202. The average Bonchev–Trinajstić information content (AvgIpc) is 3.64. The Hall–Kier alpha value is -2.71. The number of hydrogen-bond donors (Lipinski definition) is 1. The summed E-state index contributed by atoms with van der Waals surface area (Å²) in [7, 11) is -3.73. The summed E-state index contributed by atoms with van der Waals surface area (Å²) in [6, 6.07) is 14.8. The smallest absolute Gasteiger partial charge is 0.243 e. The molecule has 0 radical (unpaired) electrons. The van der Waals surface area contributed by atoms with E-state index >= 15 is 0 Å². The number of fused-ring (bicyclic) bond motifs is 1. The quantitative estimate of drug-likeness (QED) is 0.687. The Balaban J connectivity index is 1.28. The minimum atomic E-state index is -3.73. The highest BCUT2D eigenvalue weighted by Gasteiger charge is 2.40. The van der Waals surface area contributed by atoms with Crippen LogP contribution in [0.15, 0.2) is 53.4 Å². The molecule has 0 bridgehead atoms. The molecule has 2 amide bonds. The van der Waals surface area contributed by atoms with Crippen LogP contribution < -0.4 is 10.2 Å². The average molecular weight is 482 g/mol. The Morgan fingerprint density at radius 1 is 1.03 bits per heavy atom. The van der Waals surface area contributed by atoms with Gasteiger partial charge in [0, 0.05) is 37.3 Å². The third kappa shape index (κ3) is 4.49. The number of nitrogens with one attached hydrogen (secondary N) is 1. The molecule has 3 aliphatic rings. The molecule has 0 unspecified atom stereocenters. The van der Waals surface area contributed by atoms with E-state index in [1.54, 1.807) is 18.2 Å². The molecule has 1 saturated carbocycles. The zero-order valence-corrected chi connectivity index (χ0v) is 20.3. The lowest BCUT2D eigenvalue weighted by Crippen LogP contribution is -2.45. The molecule has 2 fully saturated rings. The molecule has 2 aliphatic heterocycles. The largest absolute Gasteiger partial charge is 0.352 e. The van der Waals surface area contributed by atoms with Gasteiger partial charge < -0.3 is 10.2 Å². The van der Waals surface area contributed by atoms with Crippen molar-refractivity contribution in [2.24, 2.45) is 11.8 Å². The lowest BCUT2D eigenvalue weighted by molar-refractivity contribution is -0.126. The minimum Gasteiger partial charge on any atom is -0.352 e. The first-order valence-electron chi connectivity index (χ1n) is 12.1. The fourth-order valence-electron chi connectivity index (χ4n) is 5.08. The van der Waals surface area contributed by atoms with Gasteiger partial charge in [0.2, 0.25) is 21.8 Å². The Morgan fingerprint density at radius 2 is 1.79 bits per heavy atom. The van der Waals surface area contributed by atoms with Gasteiger partial charge >= 0.3 is 0 Å². The number of benzene rings is 2. The van der Waals surface area contributed by atoms with Crippen LogP contribution in [0.2, 0.25) is 0 Å². The maximum atomic E-state index is 13.5. The van der Waals surface area contributed by atoms with E-state index in [-0.39, 0.29) is 41.1 Å². The summed E-state index contributed by atoms with van der Waals surface area (Å²) >= 11 is 0. The molecule has 0 spiro atoms. The molecule has 7 nitrogen and oxygen atoms in total. The van der Waals surface area contributed by atoms with Gasteiger partial charge in [0.1, 0.15) is 0 Å². The molecule has 8 heteroatoms. The van der Waals surface area contributed by atoms with E-state index in [4.69, 9.17) is 0 Å². The van der Waals surface area contributed by atoms with E-state index in [0.29, 0.717) is 32.4 Å². The molecule has 2 aromatic carbocycles. The van der Waals surface area contributed by atoms with Crippen molar-refractivity contribution >= 4 is 27.5 Å². The molecule has 0 aromatic heterocycles. The van der Waals surface area contributed by atoms with E-state index < -0.39 is 10.0 Å². The van der Waals surface area contributed by atoms with Crippen LogP contribution in [0, 0.1) is 11.8 Å². The number of hydrogen-bond acceptors (Lipinski definition) is 4. The van der Waals surface area contributed by atoms with Crippen LogP contribution in [0.4, 0.5) is 5.69 Å². The number of carbonyl (C=O) groups is 2. The first-order chi connectivity index (χ1) is 16.3. The number of rotatable bonds is 6. The van der Waals surface area contributed by atoms with Gasteiger partial charge in [-0.15, -0.1) is 0 Å². The van der Waals surface area contributed by atoms with E-state index in [1.165, 1.54) is 4.31 Å². The fourth-order valence-corrected chi connectivity index (χ4v) is 6.66. The highest BCUT2D eigenvalue weighted by Crippen LogP contribution is 2.40. The normalized spacial score (nSPS) is 22.9. The molecule has 5 rings (SSSR count). The SMILES string of the molecule is C[C@H]1Cc2cc(S(=O)(=O)N3CCC[C@H](C(=O)NCc4ccccc4)C3)ccc2N1C(=O)C1CC1. The number of anilines is 1. The lowest BCUT2D eigenvalue weighted by atomic mass is 9.99. The van der Waals surface area contributed by atoms with Gasteiger partial charge in [0.15, 0.2) is 0 Å². The number of amides is 2. The first kappa shape index (κ1) is 23.1. The predicted molar refractivity (Wildman–Crippen MR) is 130 cm³/mol. The van der Waals surface area contributed by atoms with Gasteiger partial charge in [-0.05, 0) is 68.4 Å². The zero-order chi connectivity index (χ0) is 23.9. The lowest BCUT2D eigenvalue weighted by Gasteiger charge is -2.31. The second kappa shape index (κ2) is 9.15. The van der Waals surface area contributed by atoms with Crippen LogP contribution in [-0.2, 0) is 32.6 Å². The summed E-state index contributed by atoms with van der Waals surface area (Å²) in [4.78, 5) is 27.6. The van der Waals surface area contributed by atoms with E-state index in [2.05, 4.69) is 5.32 Å². The van der Waals surface area contributed by atoms with Gasteiger partial charge in [-0.2, -0.15) is 4.31 Å². The standard InChI is InChI=1S/C26H31N3O4S/c1-18-14-22-15-23(11-12-24(22)29(18)26(31)20-9-10-20)34(32,33)28-13-5-8-21(17-28)25(30)27-16-19-6-3-2-4-7-19/h2-4,6-7,11-12,15,18,20-21H,5,8-10,13-14,16-17H2,1H3,(H,27,30)/t18-,21-/m0/s1.